The van der Waals surface area contributed by atoms with Crippen molar-refractivity contribution < 1.29 is 9.53 Å². The number of nitrogens with one attached hydrogen (secondary N) is 3. The number of unbranched alkanes of at least 4 members (excludes halogenated alkanes) is 1. The van der Waals surface area contributed by atoms with Gasteiger partial charge >= 0.3 is 6.09 Å². The third-order valence-corrected chi connectivity index (χ3v) is 4.01. The zero-order valence-electron chi connectivity index (χ0n) is 17.6. The normalized spacial score (nSPS) is 15.2. The first kappa shape index (κ1) is 26.2. The van der Waals surface area contributed by atoms with Crippen LogP contribution in [0.2, 0.25) is 0 Å². The molecule has 1 aliphatic heterocycles. The van der Waals surface area contributed by atoms with Crippen molar-refractivity contribution in [3.8, 4) is 0 Å². The van der Waals surface area contributed by atoms with Gasteiger partial charge in [-0.3, -0.25) is 4.99 Å². The lowest BCUT2D eigenvalue weighted by Crippen LogP contribution is -2.38. The molecule has 1 aliphatic rings. The number of hydrogen-bond acceptors (Lipinski definition) is 4. The summed E-state index contributed by atoms with van der Waals surface area (Å²) >= 11 is 0. The van der Waals surface area contributed by atoms with Crippen molar-refractivity contribution in [2.75, 3.05) is 45.8 Å². The van der Waals surface area contributed by atoms with Gasteiger partial charge < -0.3 is 25.6 Å². The molecule has 0 aliphatic carbocycles. The standard InChI is InChI=1S/C19H39N5O2.HI/c1-5-20-17(21-11-6-7-14-24-15-8-9-16-24)22-12-10-13-23-18(25)26-19(2,3)4;/h5-16H2,1-4H3,(H,23,25)(H2,20,21,22);1H. The number of likely N-dealkylation sites (tertiary alicyclic amines) is 1. The van der Waals surface area contributed by atoms with Gasteiger partial charge in [0.1, 0.15) is 5.60 Å². The van der Waals surface area contributed by atoms with E-state index in [-0.39, 0.29) is 30.1 Å². The van der Waals surface area contributed by atoms with Crippen molar-refractivity contribution in [3.05, 3.63) is 0 Å². The van der Waals surface area contributed by atoms with Gasteiger partial charge in [0.2, 0.25) is 0 Å². The largest absolute Gasteiger partial charge is 0.444 e. The van der Waals surface area contributed by atoms with Crippen LogP contribution in [-0.2, 0) is 4.74 Å². The fourth-order valence-corrected chi connectivity index (χ4v) is 2.79. The number of aliphatic imine (C=N–C) groups is 1. The number of alkyl carbamates (subject to hydrolysis) is 1. The second kappa shape index (κ2) is 15.2. The predicted molar refractivity (Wildman–Crippen MR) is 123 cm³/mol. The Balaban J connectivity index is 0.00000676. The number of carbonyl (C=O) groups is 1. The van der Waals surface area contributed by atoms with Gasteiger partial charge in [-0.05, 0) is 79.4 Å². The molecule has 3 N–H and O–H groups in total. The molecule has 0 aromatic carbocycles. The molecule has 8 heteroatoms. The van der Waals surface area contributed by atoms with Gasteiger partial charge in [-0.2, -0.15) is 0 Å². The fourth-order valence-electron chi connectivity index (χ4n) is 2.79. The number of rotatable bonds is 10. The molecular formula is C19H40IN5O2. The predicted octanol–water partition coefficient (Wildman–Crippen LogP) is 2.95. The van der Waals surface area contributed by atoms with Crippen molar-refractivity contribution >= 4 is 36.0 Å². The zero-order valence-corrected chi connectivity index (χ0v) is 19.9. The van der Waals surface area contributed by atoms with Gasteiger partial charge in [-0.15, -0.1) is 24.0 Å². The number of carbonyl (C=O) groups excluding carboxylic acids is 1. The minimum atomic E-state index is -0.459. The number of halogens is 1. The average Bonchev–Trinajstić information content (AvgIpc) is 3.05. The highest BCUT2D eigenvalue weighted by Crippen LogP contribution is 2.08. The van der Waals surface area contributed by atoms with Crippen molar-refractivity contribution in [1.82, 2.24) is 20.9 Å². The maximum absolute atomic E-state index is 11.6. The fraction of sp³-hybridized carbons (Fsp3) is 0.895. The van der Waals surface area contributed by atoms with Crippen LogP contribution >= 0.6 is 24.0 Å². The molecule has 0 aromatic rings. The van der Waals surface area contributed by atoms with E-state index in [4.69, 9.17) is 4.74 Å². The van der Waals surface area contributed by atoms with Crippen molar-refractivity contribution in [1.29, 1.82) is 0 Å². The summed E-state index contributed by atoms with van der Waals surface area (Å²) in [5.41, 5.74) is -0.459. The summed E-state index contributed by atoms with van der Waals surface area (Å²) < 4.78 is 5.20. The quantitative estimate of drug-likeness (QED) is 0.187. The monoisotopic (exact) mass is 497 g/mol. The van der Waals surface area contributed by atoms with E-state index in [1.165, 1.54) is 38.9 Å². The van der Waals surface area contributed by atoms with Crippen molar-refractivity contribution in [2.24, 2.45) is 4.99 Å². The summed E-state index contributed by atoms with van der Waals surface area (Å²) in [5.74, 6) is 0.853. The summed E-state index contributed by atoms with van der Waals surface area (Å²) in [6, 6.07) is 0. The van der Waals surface area contributed by atoms with Gasteiger partial charge in [0.25, 0.3) is 0 Å². The molecule has 0 aromatic heterocycles. The topological polar surface area (TPSA) is 78.0 Å². The molecule has 0 atom stereocenters. The molecule has 27 heavy (non-hydrogen) atoms. The van der Waals surface area contributed by atoms with Crippen LogP contribution in [0.25, 0.3) is 0 Å². The van der Waals surface area contributed by atoms with E-state index in [0.29, 0.717) is 13.1 Å². The van der Waals surface area contributed by atoms with Crippen LogP contribution < -0.4 is 16.0 Å². The molecule has 1 fully saturated rings. The Bertz CT molecular complexity index is 421. The molecule has 1 heterocycles. The van der Waals surface area contributed by atoms with Crippen molar-refractivity contribution in [3.63, 3.8) is 0 Å². The Kier molecular flexibility index (Phi) is 14.8. The van der Waals surface area contributed by atoms with E-state index < -0.39 is 5.60 Å². The SMILES string of the molecule is CCNC(=NCCCNC(=O)OC(C)(C)C)NCCCCN1CCCC1.I. The lowest BCUT2D eigenvalue weighted by molar-refractivity contribution is 0.0527. The summed E-state index contributed by atoms with van der Waals surface area (Å²) in [6.45, 7) is 14.4. The maximum Gasteiger partial charge on any atom is 0.407 e. The number of guanidine groups is 1. The second-order valence-corrected chi connectivity index (χ2v) is 7.73. The molecule has 0 spiro atoms. The third kappa shape index (κ3) is 14.9. The highest BCUT2D eigenvalue weighted by molar-refractivity contribution is 14.0. The van der Waals surface area contributed by atoms with Crippen LogP contribution in [0.3, 0.4) is 0 Å². The van der Waals surface area contributed by atoms with Crippen molar-refractivity contribution in [2.45, 2.75) is 65.4 Å². The zero-order chi connectivity index (χ0) is 19.3. The third-order valence-electron chi connectivity index (χ3n) is 4.01. The van der Waals surface area contributed by atoms with Gasteiger partial charge in [-0.25, -0.2) is 4.79 Å². The molecular weight excluding hydrogens is 457 g/mol. The van der Waals surface area contributed by atoms with Crippen LogP contribution in [0.5, 0.6) is 0 Å². The molecule has 1 amide bonds. The highest BCUT2D eigenvalue weighted by atomic mass is 127. The van der Waals surface area contributed by atoms with Crippen LogP contribution in [-0.4, -0.2) is 68.4 Å². The Hall–Kier alpha value is -0.770. The maximum atomic E-state index is 11.6. The Morgan fingerprint density at radius 2 is 1.70 bits per heavy atom. The summed E-state index contributed by atoms with van der Waals surface area (Å²) in [6.07, 6.45) is 5.51. The second-order valence-electron chi connectivity index (χ2n) is 7.73. The van der Waals surface area contributed by atoms with E-state index in [1.54, 1.807) is 0 Å². The Morgan fingerprint density at radius 3 is 2.33 bits per heavy atom. The van der Waals surface area contributed by atoms with Crippen LogP contribution in [0, 0.1) is 0 Å². The first-order chi connectivity index (χ1) is 12.4. The van der Waals surface area contributed by atoms with Crippen LogP contribution in [0.1, 0.15) is 59.8 Å². The van der Waals surface area contributed by atoms with Crippen LogP contribution in [0.15, 0.2) is 4.99 Å². The molecule has 0 bridgehead atoms. The smallest absolute Gasteiger partial charge is 0.407 e. The molecule has 7 nitrogen and oxygen atoms in total. The number of ether oxygens (including phenoxy) is 1. The van der Waals surface area contributed by atoms with Crippen LogP contribution in [0.4, 0.5) is 4.79 Å². The number of amides is 1. The van der Waals surface area contributed by atoms with E-state index >= 15 is 0 Å². The molecule has 160 valence electrons. The van der Waals surface area contributed by atoms with E-state index in [1.807, 2.05) is 20.8 Å². The Labute approximate surface area is 182 Å². The van der Waals surface area contributed by atoms with Gasteiger partial charge in [0, 0.05) is 26.2 Å². The summed E-state index contributed by atoms with van der Waals surface area (Å²) in [7, 11) is 0. The molecule has 0 unspecified atom stereocenters. The number of nitrogens with zero attached hydrogens (tertiary/aromatic N) is 2. The van der Waals surface area contributed by atoms with E-state index in [9.17, 15) is 4.79 Å². The molecule has 1 saturated heterocycles. The molecule has 0 saturated carbocycles. The summed E-state index contributed by atoms with van der Waals surface area (Å²) in [4.78, 5) is 18.7. The average molecular weight is 497 g/mol. The van der Waals surface area contributed by atoms with Gasteiger partial charge in [-0.1, -0.05) is 0 Å². The number of hydrogen-bond donors (Lipinski definition) is 3. The van der Waals surface area contributed by atoms with E-state index in [2.05, 4.69) is 32.8 Å². The first-order valence-corrected chi connectivity index (χ1v) is 10.1. The Morgan fingerprint density at radius 1 is 1.04 bits per heavy atom. The van der Waals surface area contributed by atoms with Gasteiger partial charge in [0.15, 0.2) is 5.96 Å². The minimum absolute atomic E-state index is 0. The first-order valence-electron chi connectivity index (χ1n) is 10.1. The lowest BCUT2D eigenvalue weighted by atomic mass is 10.2. The molecule has 1 rings (SSSR count). The molecule has 0 radical (unpaired) electrons. The lowest BCUT2D eigenvalue weighted by Gasteiger charge is -2.19. The van der Waals surface area contributed by atoms with Gasteiger partial charge in [0.05, 0.1) is 0 Å². The minimum Gasteiger partial charge on any atom is -0.444 e. The highest BCUT2D eigenvalue weighted by Gasteiger charge is 2.15. The summed E-state index contributed by atoms with van der Waals surface area (Å²) in [5, 5.41) is 9.40. The van der Waals surface area contributed by atoms with E-state index in [0.717, 1.165) is 31.9 Å².